The van der Waals surface area contributed by atoms with E-state index >= 15 is 0 Å². The molecule has 0 saturated carbocycles. The highest BCUT2D eigenvalue weighted by Gasteiger charge is 2.34. The van der Waals surface area contributed by atoms with Gasteiger partial charge < -0.3 is 9.53 Å². The number of ether oxygens (including phenoxy) is 1. The maximum absolute atomic E-state index is 11.6. The summed E-state index contributed by atoms with van der Waals surface area (Å²) in [6.45, 7) is 12.5. The molecular formula is C16H33NO4. The van der Waals surface area contributed by atoms with E-state index in [1.54, 1.807) is 25.9 Å². The van der Waals surface area contributed by atoms with Gasteiger partial charge in [-0.15, -0.1) is 0 Å². The summed E-state index contributed by atoms with van der Waals surface area (Å²) in [5.41, 5.74) is 0. The lowest BCUT2D eigenvalue weighted by atomic mass is 9.92. The van der Waals surface area contributed by atoms with E-state index in [4.69, 9.17) is 4.74 Å². The number of esters is 1. The molecule has 0 bridgehead atoms. The van der Waals surface area contributed by atoms with Crippen LogP contribution in [0.5, 0.6) is 0 Å². The van der Waals surface area contributed by atoms with Gasteiger partial charge in [0.05, 0.1) is 0 Å². The SMILES string of the molecule is CC.CC.CC(=O)OC([C@H](C)CC=O)[C@@H](C(C)=O)N(C)C. The lowest BCUT2D eigenvalue weighted by Crippen LogP contribution is -2.49. The zero-order valence-electron chi connectivity index (χ0n) is 15.1. The highest BCUT2D eigenvalue weighted by atomic mass is 16.5. The molecule has 0 aliphatic rings. The number of carbonyl (C=O) groups is 3. The van der Waals surface area contributed by atoms with Gasteiger partial charge in [0.25, 0.3) is 0 Å². The molecule has 5 nitrogen and oxygen atoms in total. The molecule has 0 aromatic rings. The summed E-state index contributed by atoms with van der Waals surface area (Å²) >= 11 is 0. The summed E-state index contributed by atoms with van der Waals surface area (Å²) in [5, 5.41) is 0. The summed E-state index contributed by atoms with van der Waals surface area (Å²) in [6.07, 6.45) is 0.439. The highest BCUT2D eigenvalue weighted by molar-refractivity contribution is 5.82. The van der Waals surface area contributed by atoms with Gasteiger partial charge >= 0.3 is 5.97 Å². The Labute approximate surface area is 130 Å². The topological polar surface area (TPSA) is 63.7 Å². The standard InChI is InChI=1S/C12H21NO4.2C2H6/c1-8(6-7-14)12(17-10(3)16)11(9(2)15)13(4)5;2*1-2/h7-8,11-12H,6H2,1-5H3;2*1-2H3/t8-,11-,12?;;/m1../s1. The molecule has 0 amide bonds. The summed E-state index contributed by atoms with van der Waals surface area (Å²) in [4.78, 5) is 34.9. The second kappa shape index (κ2) is 15.2. The molecule has 0 N–H and O–H groups in total. The highest BCUT2D eigenvalue weighted by Crippen LogP contribution is 2.18. The van der Waals surface area contributed by atoms with E-state index in [9.17, 15) is 14.4 Å². The molecule has 0 aromatic carbocycles. The molecule has 0 rings (SSSR count). The minimum Gasteiger partial charge on any atom is -0.460 e. The fraction of sp³-hybridized carbons (Fsp3) is 0.812. The average molecular weight is 303 g/mol. The van der Waals surface area contributed by atoms with Crippen LogP contribution in [-0.2, 0) is 19.1 Å². The van der Waals surface area contributed by atoms with E-state index in [1.165, 1.54) is 13.8 Å². The summed E-state index contributed by atoms with van der Waals surface area (Å²) in [7, 11) is 3.49. The normalized spacial score (nSPS) is 13.6. The largest absolute Gasteiger partial charge is 0.460 e. The molecule has 0 aromatic heterocycles. The second-order valence-electron chi connectivity index (χ2n) is 4.47. The van der Waals surface area contributed by atoms with Crippen LogP contribution in [0.4, 0.5) is 0 Å². The van der Waals surface area contributed by atoms with Gasteiger partial charge in [0.15, 0.2) is 5.78 Å². The Bertz CT molecular complexity index is 290. The Balaban J connectivity index is -0.000000739. The molecule has 0 aliphatic carbocycles. The number of carbonyl (C=O) groups excluding carboxylic acids is 3. The van der Waals surface area contributed by atoms with Crippen LogP contribution in [0.3, 0.4) is 0 Å². The molecule has 3 atom stereocenters. The number of hydrogen-bond acceptors (Lipinski definition) is 5. The molecule has 0 radical (unpaired) electrons. The predicted octanol–water partition coefficient (Wildman–Crippen LogP) is 2.71. The van der Waals surface area contributed by atoms with Gasteiger partial charge in [0, 0.05) is 19.3 Å². The van der Waals surface area contributed by atoms with E-state index in [2.05, 4.69) is 0 Å². The Morgan fingerprint density at radius 3 is 1.76 bits per heavy atom. The number of nitrogens with zero attached hydrogens (tertiary/aromatic N) is 1. The number of hydrogen-bond donors (Lipinski definition) is 0. The maximum Gasteiger partial charge on any atom is 0.302 e. The van der Waals surface area contributed by atoms with E-state index in [0.29, 0.717) is 0 Å². The quantitative estimate of drug-likeness (QED) is 0.534. The molecule has 0 spiro atoms. The van der Waals surface area contributed by atoms with Crippen LogP contribution in [0, 0.1) is 5.92 Å². The molecule has 0 aliphatic heterocycles. The van der Waals surface area contributed by atoms with Crippen molar-refractivity contribution in [2.24, 2.45) is 5.92 Å². The van der Waals surface area contributed by atoms with Crippen LogP contribution in [-0.4, -0.2) is 49.2 Å². The van der Waals surface area contributed by atoms with Crippen molar-refractivity contribution >= 4 is 18.0 Å². The van der Waals surface area contributed by atoms with E-state index < -0.39 is 18.1 Å². The van der Waals surface area contributed by atoms with E-state index in [0.717, 1.165) is 6.29 Å². The molecule has 126 valence electrons. The fourth-order valence-electron chi connectivity index (χ4n) is 1.86. The zero-order valence-corrected chi connectivity index (χ0v) is 15.1. The van der Waals surface area contributed by atoms with Crippen LogP contribution >= 0.6 is 0 Å². The van der Waals surface area contributed by atoms with Crippen molar-refractivity contribution in [1.82, 2.24) is 4.90 Å². The van der Waals surface area contributed by atoms with Gasteiger partial charge in [0.2, 0.25) is 0 Å². The van der Waals surface area contributed by atoms with Crippen LogP contribution in [0.1, 0.15) is 54.9 Å². The lowest BCUT2D eigenvalue weighted by Gasteiger charge is -2.33. The van der Waals surface area contributed by atoms with Gasteiger partial charge in [-0.25, -0.2) is 0 Å². The molecule has 0 heterocycles. The number of likely N-dealkylation sites (N-methyl/N-ethyl adjacent to an activating group) is 1. The van der Waals surface area contributed by atoms with Crippen molar-refractivity contribution in [3.05, 3.63) is 0 Å². The fourth-order valence-corrected chi connectivity index (χ4v) is 1.86. The Morgan fingerprint density at radius 1 is 1.10 bits per heavy atom. The van der Waals surface area contributed by atoms with Crippen LogP contribution in [0.25, 0.3) is 0 Å². The molecule has 5 heteroatoms. The smallest absolute Gasteiger partial charge is 0.302 e. The monoisotopic (exact) mass is 303 g/mol. The molecule has 0 saturated heterocycles. The van der Waals surface area contributed by atoms with Crippen molar-refractivity contribution in [2.75, 3.05) is 14.1 Å². The second-order valence-corrected chi connectivity index (χ2v) is 4.47. The number of rotatable bonds is 7. The molecule has 0 fully saturated rings. The van der Waals surface area contributed by atoms with Gasteiger partial charge in [-0.2, -0.15) is 0 Å². The van der Waals surface area contributed by atoms with Crippen molar-refractivity contribution in [3.63, 3.8) is 0 Å². The predicted molar refractivity (Wildman–Crippen MR) is 86.3 cm³/mol. The van der Waals surface area contributed by atoms with Crippen molar-refractivity contribution < 1.29 is 19.1 Å². The molecule has 21 heavy (non-hydrogen) atoms. The summed E-state index contributed by atoms with van der Waals surface area (Å²) in [5.74, 6) is -0.715. The Hall–Kier alpha value is -1.23. The summed E-state index contributed by atoms with van der Waals surface area (Å²) in [6, 6.07) is -0.520. The minimum atomic E-state index is -0.592. The average Bonchev–Trinajstić information content (AvgIpc) is 2.41. The number of aldehydes is 1. The van der Waals surface area contributed by atoms with Crippen molar-refractivity contribution in [2.45, 2.75) is 67.0 Å². The minimum absolute atomic E-state index is 0.0843. The maximum atomic E-state index is 11.6. The Kier molecular flexibility index (Phi) is 17.9. The van der Waals surface area contributed by atoms with E-state index in [-0.39, 0.29) is 18.1 Å². The third kappa shape index (κ3) is 11.1. The summed E-state index contributed by atoms with van der Waals surface area (Å²) < 4.78 is 5.19. The van der Waals surface area contributed by atoms with Gasteiger partial charge in [-0.3, -0.25) is 14.5 Å². The van der Waals surface area contributed by atoms with Crippen LogP contribution < -0.4 is 0 Å². The third-order valence-electron chi connectivity index (χ3n) is 2.61. The number of Topliss-reactive ketones (excluding diaryl/α,β-unsaturated/α-hetero) is 1. The lowest BCUT2D eigenvalue weighted by molar-refractivity contribution is -0.155. The van der Waals surface area contributed by atoms with Crippen LogP contribution in [0.15, 0.2) is 0 Å². The Morgan fingerprint density at radius 2 is 1.52 bits per heavy atom. The first-order chi connectivity index (χ1) is 9.81. The van der Waals surface area contributed by atoms with Gasteiger partial charge in [-0.05, 0) is 21.0 Å². The van der Waals surface area contributed by atoms with Gasteiger partial charge in [0.1, 0.15) is 18.4 Å². The molecule has 1 unspecified atom stereocenters. The third-order valence-corrected chi connectivity index (χ3v) is 2.61. The van der Waals surface area contributed by atoms with E-state index in [1.807, 2.05) is 27.7 Å². The van der Waals surface area contributed by atoms with Crippen molar-refractivity contribution in [3.8, 4) is 0 Å². The van der Waals surface area contributed by atoms with Crippen molar-refractivity contribution in [1.29, 1.82) is 0 Å². The first-order valence-electron chi connectivity index (χ1n) is 7.59. The molecular weight excluding hydrogens is 270 g/mol. The first kappa shape index (κ1) is 24.8. The van der Waals surface area contributed by atoms with Gasteiger partial charge in [-0.1, -0.05) is 34.6 Å². The number of ketones is 1. The first-order valence-corrected chi connectivity index (χ1v) is 7.59. The van der Waals surface area contributed by atoms with Crippen LogP contribution in [0.2, 0.25) is 0 Å². The zero-order chi connectivity index (χ0) is 17.6.